The molecule has 3 rings (SSSR count). The van der Waals surface area contributed by atoms with E-state index in [0.29, 0.717) is 6.61 Å². The van der Waals surface area contributed by atoms with Gasteiger partial charge in [0.05, 0.1) is 6.61 Å². The number of hydrogen-bond donors (Lipinski definition) is 1. The Morgan fingerprint density at radius 2 is 1.88 bits per heavy atom. The molecule has 17 heavy (non-hydrogen) atoms. The molecule has 0 spiro atoms. The van der Waals surface area contributed by atoms with E-state index in [1.807, 2.05) is 48.5 Å². The zero-order chi connectivity index (χ0) is 11.7. The fourth-order valence-corrected chi connectivity index (χ4v) is 1.92. The highest BCUT2D eigenvalue weighted by Crippen LogP contribution is 2.33. The third kappa shape index (κ3) is 1.97. The van der Waals surface area contributed by atoms with Gasteiger partial charge in [-0.25, -0.2) is 0 Å². The summed E-state index contributed by atoms with van der Waals surface area (Å²) < 4.78 is 11.5. The molecule has 1 aliphatic rings. The average molecular weight is 227 g/mol. The van der Waals surface area contributed by atoms with Crippen molar-refractivity contribution in [2.45, 2.75) is 12.9 Å². The van der Waals surface area contributed by atoms with Gasteiger partial charge in [-0.05, 0) is 18.2 Å². The van der Waals surface area contributed by atoms with Gasteiger partial charge in [0.1, 0.15) is 5.75 Å². The van der Waals surface area contributed by atoms with Crippen LogP contribution in [0.2, 0.25) is 0 Å². The number of nitrogens with two attached hydrogens (primary N) is 1. The summed E-state index contributed by atoms with van der Waals surface area (Å²) in [5.74, 6) is 0.847. The highest BCUT2D eigenvalue weighted by atomic mass is 16.7. The fraction of sp³-hybridized carbons (Fsp3) is 0.143. The number of rotatable bonds is 1. The molecule has 3 nitrogen and oxygen atoms in total. The first-order valence-electron chi connectivity index (χ1n) is 5.54. The van der Waals surface area contributed by atoms with E-state index in [9.17, 15) is 0 Å². The predicted molar refractivity (Wildman–Crippen MR) is 65.5 cm³/mol. The third-order valence-corrected chi connectivity index (χ3v) is 2.78. The van der Waals surface area contributed by atoms with Crippen molar-refractivity contribution >= 4 is 5.69 Å². The molecule has 1 heterocycles. The molecule has 0 bridgehead atoms. The van der Waals surface area contributed by atoms with Gasteiger partial charge in [-0.2, -0.15) is 0 Å². The Balaban J connectivity index is 1.88. The van der Waals surface area contributed by atoms with Crippen LogP contribution in [0, 0.1) is 0 Å². The highest BCUT2D eigenvalue weighted by molar-refractivity contribution is 5.48. The second-order valence-electron chi connectivity index (χ2n) is 4.04. The lowest BCUT2D eigenvalue weighted by Crippen LogP contribution is -2.17. The van der Waals surface area contributed by atoms with Gasteiger partial charge in [0, 0.05) is 16.8 Å². The number of hydrogen-bond acceptors (Lipinski definition) is 3. The van der Waals surface area contributed by atoms with Crippen molar-refractivity contribution in [1.29, 1.82) is 0 Å². The van der Waals surface area contributed by atoms with Crippen LogP contribution in [0.25, 0.3) is 0 Å². The second-order valence-corrected chi connectivity index (χ2v) is 4.04. The first-order valence-corrected chi connectivity index (χ1v) is 5.54. The largest absolute Gasteiger partial charge is 0.460 e. The molecule has 1 atom stereocenters. The number of benzene rings is 2. The summed E-state index contributed by atoms with van der Waals surface area (Å²) in [6, 6.07) is 15.5. The lowest BCUT2D eigenvalue weighted by molar-refractivity contribution is -0.111. The van der Waals surface area contributed by atoms with E-state index in [1.165, 1.54) is 0 Å². The molecule has 0 saturated heterocycles. The first kappa shape index (κ1) is 10.2. The lowest BCUT2D eigenvalue weighted by atomic mass is 10.1. The van der Waals surface area contributed by atoms with Crippen LogP contribution in [0.4, 0.5) is 5.69 Å². The number of anilines is 1. The minimum atomic E-state index is -0.327. The quantitative estimate of drug-likeness (QED) is 0.762. The van der Waals surface area contributed by atoms with Crippen LogP contribution in [0.15, 0.2) is 48.5 Å². The van der Waals surface area contributed by atoms with E-state index in [1.54, 1.807) is 0 Å². The highest BCUT2D eigenvalue weighted by Gasteiger charge is 2.21. The molecule has 2 aromatic rings. The number of ether oxygens (including phenoxy) is 2. The van der Waals surface area contributed by atoms with E-state index in [-0.39, 0.29) is 6.29 Å². The Labute approximate surface area is 99.8 Å². The van der Waals surface area contributed by atoms with E-state index >= 15 is 0 Å². The Morgan fingerprint density at radius 3 is 2.71 bits per heavy atom. The van der Waals surface area contributed by atoms with Gasteiger partial charge in [0.2, 0.25) is 6.29 Å². The monoisotopic (exact) mass is 227 g/mol. The molecule has 3 heteroatoms. The van der Waals surface area contributed by atoms with E-state index < -0.39 is 0 Å². The fourth-order valence-electron chi connectivity index (χ4n) is 1.92. The van der Waals surface area contributed by atoms with Crippen molar-refractivity contribution in [2.75, 3.05) is 5.73 Å². The molecule has 1 unspecified atom stereocenters. The minimum absolute atomic E-state index is 0.327. The van der Waals surface area contributed by atoms with Crippen LogP contribution in [0.1, 0.15) is 17.4 Å². The Kier molecular flexibility index (Phi) is 2.46. The molecule has 0 fully saturated rings. The topological polar surface area (TPSA) is 44.5 Å². The van der Waals surface area contributed by atoms with Gasteiger partial charge >= 0.3 is 0 Å². The molecule has 0 amide bonds. The van der Waals surface area contributed by atoms with Gasteiger partial charge in [-0.15, -0.1) is 0 Å². The van der Waals surface area contributed by atoms with Crippen LogP contribution in [-0.2, 0) is 11.3 Å². The molecular formula is C14H13NO2. The van der Waals surface area contributed by atoms with Crippen molar-refractivity contribution in [3.05, 3.63) is 59.7 Å². The molecule has 2 aromatic carbocycles. The summed E-state index contributed by atoms with van der Waals surface area (Å²) in [7, 11) is 0. The SMILES string of the molecule is Nc1ccc2c(c1)COC(c1ccccc1)O2. The Bertz CT molecular complexity index is 525. The van der Waals surface area contributed by atoms with Crippen molar-refractivity contribution in [3.8, 4) is 5.75 Å². The van der Waals surface area contributed by atoms with Crippen molar-refractivity contribution in [1.82, 2.24) is 0 Å². The van der Waals surface area contributed by atoms with Gasteiger partial charge in [0.15, 0.2) is 0 Å². The number of fused-ring (bicyclic) bond motifs is 1. The molecule has 0 aromatic heterocycles. The van der Waals surface area contributed by atoms with Gasteiger partial charge in [0.25, 0.3) is 0 Å². The van der Waals surface area contributed by atoms with Gasteiger partial charge in [-0.3, -0.25) is 0 Å². The van der Waals surface area contributed by atoms with E-state index in [4.69, 9.17) is 15.2 Å². The molecule has 0 saturated carbocycles. The van der Waals surface area contributed by atoms with E-state index in [0.717, 1.165) is 22.6 Å². The van der Waals surface area contributed by atoms with Crippen molar-refractivity contribution in [3.63, 3.8) is 0 Å². The zero-order valence-electron chi connectivity index (χ0n) is 9.30. The first-order chi connectivity index (χ1) is 8.33. The molecule has 1 aliphatic heterocycles. The van der Waals surface area contributed by atoms with Crippen LogP contribution >= 0.6 is 0 Å². The van der Waals surface area contributed by atoms with Crippen LogP contribution < -0.4 is 10.5 Å². The van der Waals surface area contributed by atoms with Crippen LogP contribution in [0.5, 0.6) is 5.75 Å². The molecule has 0 aliphatic carbocycles. The summed E-state index contributed by atoms with van der Waals surface area (Å²) in [6.45, 7) is 0.528. The van der Waals surface area contributed by atoms with Gasteiger partial charge in [-0.1, -0.05) is 30.3 Å². The molecule has 2 N–H and O–H groups in total. The van der Waals surface area contributed by atoms with E-state index in [2.05, 4.69) is 0 Å². The van der Waals surface area contributed by atoms with Crippen molar-refractivity contribution < 1.29 is 9.47 Å². The summed E-state index contributed by atoms with van der Waals surface area (Å²) in [4.78, 5) is 0. The second kappa shape index (κ2) is 4.11. The molecule has 86 valence electrons. The minimum Gasteiger partial charge on any atom is -0.460 e. The summed E-state index contributed by atoms with van der Waals surface area (Å²) in [5, 5.41) is 0. The van der Waals surface area contributed by atoms with Gasteiger partial charge < -0.3 is 15.2 Å². The maximum absolute atomic E-state index is 5.80. The smallest absolute Gasteiger partial charge is 0.227 e. The normalized spacial score (nSPS) is 18.2. The van der Waals surface area contributed by atoms with Crippen molar-refractivity contribution in [2.24, 2.45) is 0 Å². The number of nitrogen functional groups attached to an aromatic ring is 1. The standard InChI is InChI=1S/C14H13NO2/c15-12-6-7-13-11(8-12)9-16-14(17-13)10-4-2-1-3-5-10/h1-8,14H,9,15H2. The summed E-state index contributed by atoms with van der Waals surface area (Å²) in [5.41, 5.74) is 8.47. The third-order valence-electron chi connectivity index (χ3n) is 2.78. The predicted octanol–water partition coefficient (Wildman–Crippen LogP) is 2.88. The molecular weight excluding hydrogens is 214 g/mol. The van der Waals surface area contributed by atoms with Crippen LogP contribution in [-0.4, -0.2) is 0 Å². The summed E-state index contributed by atoms with van der Waals surface area (Å²) >= 11 is 0. The maximum atomic E-state index is 5.80. The Hall–Kier alpha value is -2.00. The zero-order valence-corrected chi connectivity index (χ0v) is 9.30. The maximum Gasteiger partial charge on any atom is 0.227 e. The average Bonchev–Trinajstić information content (AvgIpc) is 2.39. The Morgan fingerprint density at radius 1 is 1.06 bits per heavy atom. The van der Waals surface area contributed by atoms with Crippen LogP contribution in [0.3, 0.4) is 0 Å². The lowest BCUT2D eigenvalue weighted by Gasteiger charge is -2.26. The summed E-state index contributed by atoms with van der Waals surface area (Å²) in [6.07, 6.45) is -0.327. The molecule has 0 radical (unpaired) electrons.